The van der Waals surface area contributed by atoms with E-state index >= 15 is 0 Å². The summed E-state index contributed by atoms with van der Waals surface area (Å²) in [6.07, 6.45) is -1.14. The molecule has 6 N–H and O–H groups in total. The number of Topliss-reactive ketones (excluding diaryl/α,β-unsaturated/α-hetero) is 1. The monoisotopic (exact) mass is 409 g/mol. The van der Waals surface area contributed by atoms with E-state index in [4.69, 9.17) is 10.8 Å². The summed E-state index contributed by atoms with van der Waals surface area (Å²) in [4.78, 5) is 35.5. The van der Waals surface area contributed by atoms with Gasteiger partial charge in [0.25, 0.3) is 5.91 Å². The molecule has 2 amide bonds. The highest BCUT2D eigenvalue weighted by Gasteiger charge is 2.25. The lowest BCUT2D eigenvalue weighted by atomic mass is 10.1. The average Bonchev–Trinajstić information content (AvgIpc) is 2.76. The van der Waals surface area contributed by atoms with Gasteiger partial charge in [0.1, 0.15) is 12.6 Å². The first kappa shape index (κ1) is 22.8. The number of hydrogen-bond donors (Lipinski definition) is 5. The summed E-state index contributed by atoms with van der Waals surface area (Å²) in [5.41, 5.74) is 7.38. The van der Waals surface area contributed by atoms with Gasteiger partial charge in [0.2, 0.25) is 5.91 Å². The van der Waals surface area contributed by atoms with Gasteiger partial charge in [-0.1, -0.05) is 24.0 Å². The summed E-state index contributed by atoms with van der Waals surface area (Å²) in [7, 11) is 0. The molecule has 8 heteroatoms. The van der Waals surface area contributed by atoms with Crippen LogP contribution in [-0.4, -0.2) is 53.1 Å². The molecule has 0 spiro atoms. The van der Waals surface area contributed by atoms with Crippen LogP contribution >= 0.6 is 0 Å². The van der Waals surface area contributed by atoms with E-state index in [1.807, 2.05) is 0 Å². The highest BCUT2D eigenvalue weighted by Crippen LogP contribution is 2.14. The van der Waals surface area contributed by atoms with E-state index in [0.29, 0.717) is 16.8 Å². The topological polar surface area (TPSA) is 142 Å². The predicted molar refractivity (Wildman–Crippen MR) is 112 cm³/mol. The number of rotatable bonds is 7. The van der Waals surface area contributed by atoms with E-state index in [-0.39, 0.29) is 18.0 Å². The first-order chi connectivity index (χ1) is 14.3. The smallest absolute Gasteiger partial charge is 0.251 e. The van der Waals surface area contributed by atoms with E-state index in [2.05, 4.69) is 22.5 Å². The molecule has 0 aliphatic carbocycles. The minimum Gasteiger partial charge on any atom is -0.391 e. The van der Waals surface area contributed by atoms with E-state index in [9.17, 15) is 19.5 Å². The van der Waals surface area contributed by atoms with Gasteiger partial charge >= 0.3 is 0 Å². The molecule has 0 aliphatic rings. The van der Waals surface area contributed by atoms with Crippen LogP contribution in [0.4, 0.5) is 5.69 Å². The van der Waals surface area contributed by atoms with Gasteiger partial charge in [-0.2, -0.15) is 0 Å². The molecule has 30 heavy (non-hydrogen) atoms. The van der Waals surface area contributed by atoms with Crippen molar-refractivity contribution in [2.24, 2.45) is 5.73 Å². The Labute approximate surface area is 174 Å². The Balaban J connectivity index is 2.14. The Morgan fingerprint density at radius 3 is 2.33 bits per heavy atom. The number of ketones is 1. The molecule has 0 aromatic heterocycles. The number of aliphatic hydroxyl groups is 2. The number of carbonyl (C=O) groups is 3. The van der Waals surface area contributed by atoms with Crippen molar-refractivity contribution in [3.8, 4) is 11.8 Å². The highest BCUT2D eigenvalue weighted by molar-refractivity contribution is 5.98. The largest absolute Gasteiger partial charge is 0.391 e. The zero-order valence-corrected chi connectivity index (χ0v) is 16.4. The van der Waals surface area contributed by atoms with E-state index < -0.39 is 30.4 Å². The van der Waals surface area contributed by atoms with Gasteiger partial charge in [0, 0.05) is 16.7 Å². The summed E-state index contributed by atoms with van der Waals surface area (Å²) in [5, 5.41) is 23.7. The molecule has 8 nitrogen and oxygen atoms in total. The maximum absolute atomic E-state index is 12.3. The van der Waals surface area contributed by atoms with Crippen LogP contribution < -0.4 is 16.4 Å². The van der Waals surface area contributed by atoms with Gasteiger partial charge in [-0.15, -0.1) is 0 Å². The Bertz CT molecular complexity index is 974. The maximum atomic E-state index is 12.3. The molecule has 0 fully saturated rings. The van der Waals surface area contributed by atoms with Gasteiger partial charge in [-0.05, 0) is 43.3 Å². The van der Waals surface area contributed by atoms with Crippen molar-refractivity contribution in [3.05, 3.63) is 65.2 Å². The van der Waals surface area contributed by atoms with Gasteiger partial charge < -0.3 is 26.6 Å². The van der Waals surface area contributed by atoms with Gasteiger partial charge in [-0.25, -0.2) is 0 Å². The van der Waals surface area contributed by atoms with Crippen molar-refractivity contribution in [1.29, 1.82) is 0 Å². The summed E-state index contributed by atoms with van der Waals surface area (Å²) in [6.45, 7) is 0.438. The lowest BCUT2D eigenvalue weighted by molar-refractivity contribution is -0.125. The number of anilines is 1. The van der Waals surface area contributed by atoms with Crippen LogP contribution in [0.1, 0.15) is 28.4 Å². The zero-order chi connectivity index (χ0) is 22.1. The van der Waals surface area contributed by atoms with Crippen molar-refractivity contribution < 1.29 is 24.6 Å². The average molecular weight is 409 g/mol. The molecule has 0 saturated carbocycles. The molecular formula is C22H23N3O5. The fourth-order valence-corrected chi connectivity index (χ4v) is 2.54. The first-order valence-corrected chi connectivity index (χ1v) is 9.19. The number of carbonyl (C=O) groups excluding carboxylic acids is 3. The Kier molecular flexibility index (Phi) is 8.26. The van der Waals surface area contributed by atoms with E-state index in [1.54, 1.807) is 36.4 Å². The van der Waals surface area contributed by atoms with Crippen molar-refractivity contribution in [2.75, 3.05) is 18.5 Å². The molecule has 0 radical (unpaired) electrons. The second-order valence-corrected chi connectivity index (χ2v) is 6.44. The second-order valence-electron chi connectivity index (χ2n) is 6.44. The fraction of sp³-hybridized carbons (Fsp3) is 0.227. The van der Waals surface area contributed by atoms with Gasteiger partial charge in [0.05, 0.1) is 18.3 Å². The van der Waals surface area contributed by atoms with Crippen molar-refractivity contribution in [1.82, 2.24) is 5.32 Å². The molecule has 0 aliphatic heterocycles. The fourth-order valence-electron chi connectivity index (χ4n) is 2.54. The summed E-state index contributed by atoms with van der Waals surface area (Å²) >= 11 is 0. The number of benzene rings is 2. The quantitative estimate of drug-likeness (QED) is 0.408. The Hall–Kier alpha value is -3.51. The summed E-state index contributed by atoms with van der Waals surface area (Å²) in [5.74, 6) is 4.36. The number of nitrogens with two attached hydrogens (primary N) is 1. The number of amides is 2. The normalized spacial score (nSPS) is 12.1. The van der Waals surface area contributed by atoms with E-state index in [1.165, 1.54) is 19.1 Å². The van der Waals surface area contributed by atoms with Crippen molar-refractivity contribution in [2.45, 2.75) is 19.1 Å². The Morgan fingerprint density at radius 2 is 1.73 bits per heavy atom. The summed E-state index contributed by atoms with van der Waals surface area (Å²) < 4.78 is 0. The molecule has 0 unspecified atom stereocenters. The number of aliphatic hydroxyl groups excluding tert-OH is 2. The van der Waals surface area contributed by atoms with Gasteiger partial charge in [-0.3, -0.25) is 14.4 Å². The molecule has 2 rings (SSSR count). The molecular weight excluding hydrogens is 386 g/mol. The van der Waals surface area contributed by atoms with Crippen LogP contribution in [0.15, 0.2) is 48.5 Å². The molecule has 2 atom stereocenters. The molecule has 0 saturated heterocycles. The third-order valence-electron chi connectivity index (χ3n) is 4.15. The SMILES string of the molecule is C[C@H](O)[C@H](NC(=O)c1ccc(C#Cc2ccccc2NC(=O)CN)cc1)C(=O)CO. The van der Waals surface area contributed by atoms with E-state index in [0.717, 1.165) is 0 Å². The molecule has 2 aromatic rings. The van der Waals surface area contributed by atoms with Crippen LogP contribution in [-0.2, 0) is 9.59 Å². The maximum Gasteiger partial charge on any atom is 0.251 e. The Morgan fingerprint density at radius 1 is 1.07 bits per heavy atom. The number of para-hydroxylation sites is 1. The van der Waals surface area contributed by atoms with Crippen LogP contribution in [0, 0.1) is 11.8 Å². The number of nitrogens with one attached hydrogen (secondary N) is 2. The molecule has 156 valence electrons. The summed E-state index contributed by atoms with van der Waals surface area (Å²) in [6, 6.07) is 12.2. The minimum atomic E-state index is -1.19. The highest BCUT2D eigenvalue weighted by atomic mass is 16.3. The van der Waals surface area contributed by atoms with Crippen LogP contribution in [0.2, 0.25) is 0 Å². The lowest BCUT2D eigenvalue weighted by Crippen LogP contribution is -2.48. The van der Waals surface area contributed by atoms with Crippen LogP contribution in [0.3, 0.4) is 0 Å². The predicted octanol–water partition coefficient (Wildman–Crippen LogP) is 0.0242. The molecule has 2 aromatic carbocycles. The molecule has 0 bridgehead atoms. The van der Waals surface area contributed by atoms with Crippen molar-refractivity contribution >= 4 is 23.3 Å². The van der Waals surface area contributed by atoms with Crippen LogP contribution in [0.25, 0.3) is 0 Å². The zero-order valence-electron chi connectivity index (χ0n) is 16.4. The standard InChI is InChI=1S/C22H23N3O5/c1-14(27)21(19(28)13-26)25-22(30)17-10-7-15(8-11-17)6-9-16-4-2-3-5-18(16)24-20(29)12-23/h2-5,7-8,10-11,14,21,26-27H,12-13,23H2,1H3,(H,24,29)(H,25,30)/t14-,21-/m0/s1. The number of hydrogen-bond acceptors (Lipinski definition) is 6. The lowest BCUT2D eigenvalue weighted by Gasteiger charge is -2.19. The first-order valence-electron chi connectivity index (χ1n) is 9.19. The third-order valence-corrected chi connectivity index (χ3v) is 4.15. The van der Waals surface area contributed by atoms with Crippen LogP contribution in [0.5, 0.6) is 0 Å². The second kappa shape index (κ2) is 10.9. The third kappa shape index (κ3) is 6.25. The minimum absolute atomic E-state index is 0.134. The van der Waals surface area contributed by atoms with Gasteiger partial charge in [0.15, 0.2) is 5.78 Å². The molecule has 0 heterocycles. The van der Waals surface area contributed by atoms with Crippen molar-refractivity contribution in [3.63, 3.8) is 0 Å².